The molecule has 0 radical (unpaired) electrons. The quantitative estimate of drug-likeness (QED) is 0.543. The van der Waals surface area contributed by atoms with Crippen LogP contribution in [0.5, 0.6) is 5.88 Å². The lowest BCUT2D eigenvalue weighted by Crippen LogP contribution is -2.29. The van der Waals surface area contributed by atoms with E-state index in [-0.39, 0.29) is 11.9 Å². The highest BCUT2D eigenvalue weighted by atomic mass is 16.5. The molecule has 1 amide bonds. The molecule has 0 aromatic carbocycles. The molecule has 8 nitrogen and oxygen atoms in total. The summed E-state index contributed by atoms with van der Waals surface area (Å²) in [5, 5.41) is 14.4. The van der Waals surface area contributed by atoms with Gasteiger partial charge in [0.1, 0.15) is 12.1 Å². The lowest BCUT2D eigenvalue weighted by molar-refractivity contribution is -0.129. The van der Waals surface area contributed by atoms with Crippen molar-refractivity contribution >= 4 is 12.1 Å². The minimum Gasteiger partial charge on any atom is -0.478 e. The number of pyridine rings is 1. The Kier molecular flexibility index (Phi) is 6.07. The van der Waals surface area contributed by atoms with E-state index in [2.05, 4.69) is 26.6 Å². The van der Waals surface area contributed by atoms with Crippen molar-refractivity contribution in [3.63, 3.8) is 0 Å². The van der Waals surface area contributed by atoms with Crippen molar-refractivity contribution in [3.8, 4) is 11.9 Å². The number of carbonyl (C=O) groups excluding carboxylic acids is 1. The fraction of sp³-hybridized carbons (Fsp3) is 0.300. The molecule has 1 unspecified atom stereocenters. The van der Waals surface area contributed by atoms with Crippen LogP contribution < -0.4 is 4.74 Å². The number of aryl methyl sites for hydroxylation is 1. The molecule has 1 atom stereocenters. The average Bonchev–Trinajstić information content (AvgIpc) is 3.21. The number of aromatic nitrogens is 3. The third-order valence-corrected chi connectivity index (χ3v) is 4.22. The van der Waals surface area contributed by atoms with Gasteiger partial charge in [0, 0.05) is 36.7 Å². The van der Waals surface area contributed by atoms with Crippen molar-refractivity contribution in [3.05, 3.63) is 59.8 Å². The predicted octanol–water partition coefficient (Wildman–Crippen LogP) is 2.73. The second-order valence-electron chi connectivity index (χ2n) is 6.33. The van der Waals surface area contributed by atoms with Gasteiger partial charge in [-0.25, -0.2) is 9.99 Å². The van der Waals surface area contributed by atoms with E-state index >= 15 is 0 Å². The summed E-state index contributed by atoms with van der Waals surface area (Å²) in [6, 6.07) is 5.04. The van der Waals surface area contributed by atoms with Crippen LogP contribution >= 0.6 is 0 Å². The summed E-state index contributed by atoms with van der Waals surface area (Å²) in [6.07, 6.45) is 8.21. The van der Waals surface area contributed by atoms with Gasteiger partial charge in [-0.1, -0.05) is 6.58 Å². The molecular weight excluding hydrogens is 356 g/mol. The summed E-state index contributed by atoms with van der Waals surface area (Å²) in [5.74, 6) is 0.218. The van der Waals surface area contributed by atoms with E-state index in [0.29, 0.717) is 48.6 Å². The van der Waals surface area contributed by atoms with E-state index in [9.17, 15) is 4.79 Å². The van der Waals surface area contributed by atoms with Gasteiger partial charge in [-0.3, -0.25) is 14.8 Å². The second-order valence-corrected chi connectivity index (χ2v) is 6.33. The average molecular weight is 376 g/mol. The smallest absolute Gasteiger partial charge is 0.269 e. The molecule has 0 bridgehead atoms. The highest BCUT2D eigenvalue weighted by molar-refractivity contribution is 5.94. The largest absolute Gasteiger partial charge is 0.478 e. The highest BCUT2D eigenvalue weighted by Gasteiger charge is 2.30. The van der Waals surface area contributed by atoms with Gasteiger partial charge in [-0.05, 0) is 25.8 Å². The number of carbonyl (C=O) groups is 1. The zero-order valence-corrected chi connectivity index (χ0v) is 15.6. The monoisotopic (exact) mass is 376 g/mol. The van der Waals surface area contributed by atoms with Gasteiger partial charge >= 0.3 is 0 Å². The zero-order valence-electron chi connectivity index (χ0n) is 15.6. The number of hydrogen-bond acceptors (Lipinski definition) is 7. The molecule has 0 N–H and O–H groups in total. The van der Waals surface area contributed by atoms with E-state index in [4.69, 9.17) is 10.00 Å². The van der Waals surface area contributed by atoms with Gasteiger partial charge in [-0.15, -0.1) is 0 Å². The fourth-order valence-electron chi connectivity index (χ4n) is 2.69. The first kappa shape index (κ1) is 19.2. The predicted molar refractivity (Wildman–Crippen MR) is 102 cm³/mol. The van der Waals surface area contributed by atoms with Crippen LogP contribution in [0.2, 0.25) is 0 Å². The summed E-state index contributed by atoms with van der Waals surface area (Å²) in [4.78, 5) is 25.4. The number of rotatable bonds is 7. The van der Waals surface area contributed by atoms with Crippen LogP contribution in [-0.4, -0.2) is 38.7 Å². The molecule has 1 aliphatic rings. The van der Waals surface area contributed by atoms with Crippen LogP contribution in [0.3, 0.4) is 0 Å². The second kappa shape index (κ2) is 8.86. The van der Waals surface area contributed by atoms with Crippen molar-refractivity contribution in [1.82, 2.24) is 20.0 Å². The molecule has 0 saturated carbocycles. The van der Waals surface area contributed by atoms with E-state index in [0.717, 1.165) is 5.69 Å². The minimum atomic E-state index is -0.253. The molecule has 3 heterocycles. The van der Waals surface area contributed by atoms with Crippen LogP contribution in [0.25, 0.3) is 0 Å². The lowest BCUT2D eigenvalue weighted by Gasteiger charge is -2.22. The highest BCUT2D eigenvalue weighted by Crippen LogP contribution is 2.28. The summed E-state index contributed by atoms with van der Waals surface area (Å²) in [5.41, 5.74) is 2.46. The Morgan fingerprint density at radius 1 is 1.32 bits per heavy atom. The van der Waals surface area contributed by atoms with Gasteiger partial charge in [0.2, 0.25) is 5.88 Å². The number of nitrogens with zero attached hydrogens (tertiary/aromatic N) is 6. The zero-order chi connectivity index (χ0) is 19.9. The SMILES string of the molecule is C=C(CCCOc1ccc(C#N)cn1)C(=O)N1N=CCC1c1cnc(C)cn1. The third kappa shape index (κ3) is 4.57. The molecule has 1 aliphatic heterocycles. The molecule has 8 heteroatoms. The van der Waals surface area contributed by atoms with E-state index in [1.165, 1.54) is 11.2 Å². The van der Waals surface area contributed by atoms with Crippen LogP contribution in [0.4, 0.5) is 0 Å². The first-order chi connectivity index (χ1) is 13.6. The Bertz CT molecular complexity index is 915. The van der Waals surface area contributed by atoms with Crippen molar-refractivity contribution in [2.24, 2.45) is 5.10 Å². The van der Waals surface area contributed by atoms with Crippen LogP contribution in [-0.2, 0) is 4.79 Å². The van der Waals surface area contributed by atoms with Gasteiger partial charge < -0.3 is 4.74 Å². The van der Waals surface area contributed by atoms with Gasteiger partial charge in [-0.2, -0.15) is 10.4 Å². The van der Waals surface area contributed by atoms with Crippen LogP contribution in [0.1, 0.15) is 42.3 Å². The van der Waals surface area contributed by atoms with Crippen LogP contribution in [0.15, 0.2) is 48.0 Å². The van der Waals surface area contributed by atoms with E-state index in [1.54, 1.807) is 30.7 Å². The first-order valence-electron chi connectivity index (χ1n) is 8.89. The van der Waals surface area contributed by atoms with Gasteiger partial charge in [0.25, 0.3) is 5.91 Å². The number of hydrazone groups is 1. The molecule has 2 aromatic heterocycles. The maximum atomic E-state index is 12.7. The summed E-state index contributed by atoms with van der Waals surface area (Å²) in [7, 11) is 0. The summed E-state index contributed by atoms with van der Waals surface area (Å²) >= 11 is 0. The Hall–Kier alpha value is -3.60. The lowest BCUT2D eigenvalue weighted by atomic mass is 10.1. The molecule has 0 fully saturated rings. The van der Waals surface area contributed by atoms with E-state index in [1.807, 2.05) is 13.0 Å². The van der Waals surface area contributed by atoms with Gasteiger partial charge in [0.05, 0.1) is 29.8 Å². The molecule has 0 spiro atoms. The molecule has 0 saturated heterocycles. The summed E-state index contributed by atoms with van der Waals surface area (Å²) in [6.45, 7) is 6.15. The standard InChI is InChI=1S/C20H20N6O2/c1-14(4-3-9-28-19-6-5-16(10-21)12-24-19)20(27)26-18(7-8-25-26)17-13-22-15(2)11-23-17/h5-6,8,11-13,18H,1,3-4,7,9H2,2H3. The summed E-state index contributed by atoms with van der Waals surface area (Å²) < 4.78 is 5.53. The van der Waals surface area contributed by atoms with Crippen LogP contribution in [0, 0.1) is 18.3 Å². The van der Waals surface area contributed by atoms with Crippen molar-refractivity contribution < 1.29 is 9.53 Å². The maximum Gasteiger partial charge on any atom is 0.269 e. The molecule has 28 heavy (non-hydrogen) atoms. The fourth-order valence-corrected chi connectivity index (χ4v) is 2.69. The van der Waals surface area contributed by atoms with E-state index < -0.39 is 0 Å². The molecule has 3 rings (SSSR count). The number of amides is 1. The van der Waals surface area contributed by atoms with Gasteiger partial charge in [0.15, 0.2) is 0 Å². The Balaban J connectivity index is 1.49. The van der Waals surface area contributed by atoms with Crippen molar-refractivity contribution in [1.29, 1.82) is 5.26 Å². The molecular formula is C20H20N6O2. The molecule has 0 aliphatic carbocycles. The third-order valence-electron chi connectivity index (χ3n) is 4.22. The first-order valence-corrected chi connectivity index (χ1v) is 8.89. The topological polar surface area (TPSA) is 104 Å². The number of ether oxygens (including phenoxy) is 1. The molecule has 2 aromatic rings. The molecule has 142 valence electrons. The maximum absolute atomic E-state index is 12.7. The normalized spacial score (nSPS) is 15.3. The minimum absolute atomic E-state index is 0.224. The number of hydrogen-bond donors (Lipinski definition) is 0. The Labute approximate surface area is 163 Å². The van der Waals surface area contributed by atoms with Crippen molar-refractivity contribution in [2.45, 2.75) is 32.2 Å². The number of nitriles is 1. The van der Waals surface area contributed by atoms with Crippen molar-refractivity contribution in [2.75, 3.05) is 6.61 Å². The Morgan fingerprint density at radius 2 is 2.18 bits per heavy atom. The Morgan fingerprint density at radius 3 is 2.86 bits per heavy atom.